The Labute approximate surface area is 163 Å². The lowest BCUT2D eigenvalue weighted by Crippen LogP contribution is -2.30. The van der Waals surface area contributed by atoms with E-state index in [1.54, 1.807) is 43.3 Å². The molecule has 0 heterocycles. The number of benzene rings is 3. The lowest BCUT2D eigenvalue weighted by atomic mass is 10.2. The maximum atomic E-state index is 12.2. The second-order valence-corrected chi connectivity index (χ2v) is 6.44. The van der Waals surface area contributed by atoms with Gasteiger partial charge < -0.3 is 14.8 Å². The molecule has 0 aromatic heterocycles. The summed E-state index contributed by atoms with van der Waals surface area (Å²) in [5.74, 6) is 1.10. The number of rotatable bonds is 7. The smallest absolute Gasteiger partial charge is 0.265 e. The minimum atomic E-state index is -0.642. The van der Waals surface area contributed by atoms with E-state index >= 15 is 0 Å². The van der Waals surface area contributed by atoms with Crippen molar-refractivity contribution in [2.24, 2.45) is 0 Å². The lowest BCUT2D eigenvalue weighted by Gasteiger charge is -2.15. The fourth-order valence-corrected chi connectivity index (χ4v) is 2.52. The second-order valence-electron chi connectivity index (χ2n) is 6.00. The molecule has 0 bridgehead atoms. The third kappa shape index (κ3) is 5.76. The SMILES string of the molecule is CC(Oc1ccc(OCc2ccccc2)cc1)C(=O)Nc1ccc(Cl)cc1. The number of carbonyl (C=O) groups excluding carboxylic acids is 1. The van der Waals surface area contributed by atoms with Crippen molar-refractivity contribution in [3.8, 4) is 11.5 Å². The number of carbonyl (C=O) groups is 1. The van der Waals surface area contributed by atoms with E-state index in [1.807, 2.05) is 42.5 Å². The molecule has 1 amide bonds. The molecule has 27 heavy (non-hydrogen) atoms. The standard InChI is InChI=1S/C22H20ClNO3/c1-16(22(25)24-19-9-7-18(23)8-10-19)27-21-13-11-20(12-14-21)26-15-17-5-3-2-4-6-17/h2-14,16H,15H2,1H3,(H,24,25). The number of anilines is 1. The molecule has 3 rings (SSSR count). The number of amides is 1. The van der Waals surface area contributed by atoms with Gasteiger partial charge in [0.15, 0.2) is 6.10 Å². The summed E-state index contributed by atoms with van der Waals surface area (Å²) in [5.41, 5.74) is 1.77. The van der Waals surface area contributed by atoms with Crippen LogP contribution < -0.4 is 14.8 Å². The zero-order chi connectivity index (χ0) is 19.1. The van der Waals surface area contributed by atoms with Crippen LogP contribution in [0.3, 0.4) is 0 Å². The van der Waals surface area contributed by atoms with Gasteiger partial charge in [-0.15, -0.1) is 0 Å². The van der Waals surface area contributed by atoms with Crippen LogP contribution in [0.5, 0.6) is 11.5 Å². The molecule has 0 aliphatic rings. The normalized spacial score (nSPS) is 11.5. The van der Waals surface area contributed by atoms with Crippen LogP contribution in [0.25, 0.3) is 0 Å². The van der Waals surface area contributed by atoms with Crippen LogP contribution in [0.15, 0.2) is 78.9 Å². The molecule has 3 aromatic carbocycles. The van der Waals surface area contributed by atoms with Gasteiger partial charge in [-0.05, 0) is 61.0 Å². The Hall–Kier alpha value is -2.98. The third-order valence-electron chi connectivity index (χ3n) is 3.87. The fraction of sp³-hybridized carbons (Fsp3) is 0.136. The molecule has 1 N–H and O–H groups in total. The third-order valence-corrected chi connectivity index (χ3v) is 4.12. The predicted octanol–water partition coefficient (Wildman–Crippen LogP) is 5.33. The van der Waals surface area contributed by atoms with Crippen molar-refractivity contribution < 1.29 is 14.3 Å². The molecule has 4 nitrogen and oxygen atoms in total. The van der Waals surface area contributed by atoms with E-state index in [1.165, 1.54) is 0 Å². The van der Waals surface area contributed by atoms with Gasteiger partial charge in [0.25, 0.3) is 5.91 Å². The molecular formula is C22H20ClNO3. The van der Waals surface area contributed by atoms with Crippen molar-refractivity contribution in [3.05, 3.63) is 89.4 Å². The topological polar surface area (TPSA) is 47.6 Å². The average Bonchev–Trinajstić information content (AvgIpc) is 2.70. The van der Waals surface area contributed by atoms with Crippen molar-refractivity contribution in [2.75, 3.05) is 5.32 Å². The van der Waals surface area contributed by atoms with Crippen LogP contribution in [0, 0.1) is 0 Å². The van der Waals surface area contributed by atoms with Crippen LogP contribution in [-0.4, -0.2) is 12.0 Å². The molecule has 1 unspecified atom stereocenters. The van der Waals surface area contributed by atoms with E-state index in [0.29, 0.717) is 23.1 Å². The summed E-state index contributed by atoms with van der Waals surface area (Å²) in [5, 5.41) is 3.41. The summed E-state index contributed by atoms with van der Waals surface area (Å²) in [6.07, 6.45) is -0.642. The molecule has 0 fully saturated rings. The summed E-state index contributed by atoms with van der Waals surface area (Å²) < 4.78 is 11.4. The number of halogens is 1. The Kier molecular flexibility index (Phi) is 6.34. The highest BCUT2D eigenvalue weighted by Gasteiger charge is 2.15. The highest BCUT2D eigenvalue weighted by atomic mass is 35.5. The molecule has 0 saturated heterocycles. The molecule has 5 heteroatoms. The van der Waals surface area contributed by atoms with Gasteiger partial charge >= 0.3 is 0 Å². The average molecular weight is 382 g/mol. The van der Waals surface area contributed by atoms with Gasteiger partial charge in [-0.1, -0.05) is 41.9 Å². The molecule has 3 aromatic rings. The molecule has 0 aliphatic heterocycles. The highest BCUT2D eigenvalue weighted by Crippen LogP contribution is 2.20. The fourth-order valence-electron chi connectivity index (χ4n) is 2.39. The van der Waals surface area contributed by atoms with Gasteiger partial charge in [-0.25, -0.2) is 0 Å². The van der Waals surface area contributed by atoms with Gasteiger partial charge in [-0.2, -0.15) is 0 Å². The van der Waals surface area contributed by atoms with Gasteiger partial charge in [0.2, 0.25) is 0 Å². The predicted molar refractivity (Wildman–Crippen MR) is 107 cm³/mol. The van der Waals surface area contributed by atoms with Crippen LogP contribution in [0.4, 0.5) is 5.69 Å². The molecule has 1 atom stereocenters. The van der Waals surface area contributed by atoms with Gasteiger partial charge in [0, 0.05) is 10.7 Å². The number of hydrogen-bond donors (Lipinski definition) is 1. The zero-order valence-electron chi connectivity index (χ0n) is 14.9. The Bertz CT molecular complexity index is 864. The summed E-state index contributed by atoms with van der Waals surface area (Å²) >= 11 is 5.84. The van der Waals surface area contributed by atoms with E-state index in [0.717, 1.165) is 11.3 Å². The van der Waals surface area contributed by atoms with Gasteiger partial charge in [-0.3, -0.25) is 4.79 Å². The molecule has 0 radical (unpaired) electrons. The van der Waals surface area contributed by atoms with Crippen LogP contribution in [-0.2, 0) is 11.4 Å². The molecular weight excluding hydrogens is 362 g/mol. The summed E-state index contributed by atoms with van der Waals surface area (Å²) in [4.78, 5) is 12.2. The van der Waals surface area contributed by atoms with Crippen LogP contribution >= 0.6 is 11.6 Å². The Morgan fingerprint density at radius 2 is 1.56 bits per heavy atom. The first kappa shape index (κ1) is 18.8. The monoisotopic (exact) mass is 381 g/mol. The van der Waals surface area contributed by atoms with E-state index in [-0.39, 0.29) is 5.91 Å². The van der Waals surface area contributed by atoms with Gasteiger partial charge in [0.05, 0.1) is 0 Å². The molecule has 138 valence electrons. The first-order chi connectivity index (χ1) is 13.1. The van der Waals surface area contributed by atoms with Crippen molar-refractivity contribution in [2.45, 2.75) is 19.6 Å². The Morgan fingerprint density at radius 1 is 0.926 bits per heavy atom. The summed E-state index contributed by atoms with van der Waals surface area (Å²) in [7, 11) is 0. The number of hydrogen-bond acceptors (Lipinski definition) is 3. The van der Waals surface area contributed by atoms with Crippen molar-refractivity contribution in [1.82, 2.24) is 0 Å². The lowest BCUT2D eigenvalue weighted by molar-refractivity contribution is -0.122. The maximum Gasteiger partial charge on any atom is 0.265 e. The number of nitrogens with one attached hydrogen (secondary N) is 1. The minimum Gasteiger partial charge on any atom is -0.489 e. The quantitative estimate of drug-likeness (QED) is 0.602. The zero-order valence-corrected chi connectivity index (χ0v) is 15.6. The van der Waals surface area contributed by atoms with E-state index in [2.05, 4.69) is 5.32 Å². The largest absolute Gasteiger partial charge is 0.489 e. The molecule has 0 saturated carbocycles. The van der Waals surface area contributed by atoms with E-state index < -0.39 is 6.10 Å². The van der Waals surface area contributed by atoms with Crippen molar-refractivity contribution >= 4 is 23.2 Å². The summed E-state index contributed by atoms with van der Waals surface area (Å²) in [6, 6.07) is 24.1. The maximum absolute atomic E-state index is 12.2. The first-order valence-electron chi connectivity index (χ1n) is 8.60. The number of ether oxygens (including phenoxy) is 2. The second kappa shape index (κ2) is 9.10. The van der Waals surface area contributed by atoms with E-state index in [9.17, 15) is 4.79 Å². The van der Waals surface area contributed by atoms with Crippen LogP contribution in [0.1, 0.15) is 12.5 Å². The van der Waals surface area contributed by atoms with E-state index in [4.69, 9.17) is 21.1 Å². The van der Waals surface area contributed by atoms with Gasteiger partial charge in [0.1, 0.15) is 18.1 Å². The van der Waals surface area contributed by atoms with Crippen LogP contribution in [0.2, 0.25) is 5.02 Å². The minimum absolute atomic E-state index is 0.235. The Morgan fingerprint density at radius 3 is 2.22 bits per heavy atom. The van der Waals surface area contributed by atoms with Crippen molar-refractivity contribution in [3.63, 3.8) is 0 Å². The Balaban J connectivity index is 1.51. The molecule has 0 spiro atoms. The first-order valence-corrected chi connectivity index (χ1v) is 8.98. The van der Waals surface area contributed by atoms with Crippen molar-refractivity contribution in [1.29, 1.82) is 0 Å². The highest BCUT2D eigenvalue weighted by molar-refractivity contribution is 6.30. The molecule has 0 aliphatic carbocycles. The summed E-state index contributed by atoms with van der Waals surface area (Å²) in [6.45, 7) is 2.20.